The molecule has 0 spiro atoms. The van der Waals surface area contributed by atoms with E-state index in [0.717, 1.165) is 12.1 Å². The molecular weight excluding hydrogens is 386 g/mol. The van der Waals surface area contributed by atoms with Gasteiger partial charge >= 0.3 is 12.4 Å². The Bertz CT molecular complexity index is 745. The van der Waals surface area contributed by atoms with Crippen LogP contribution in [-0.2, 0) is 6.18 Å². The van der Waals surface area contributed by atoms with Crippen LogP contribution in [0.15, 0.2) is 29.3 Å². The number of hydrogen-bond donors (Lipinski definition) is 2. The van der Waals surface area contributed by atoms with E-state index in [0.29, 0.717) is 18.9 Å². The fourth-order valence-electron chi connectivity index (χ4n) is 2.78. The molecule has 1 atom stereocenters. The predicted octanol–water partition coefficient (Wildman–Crippen LogP) is 2.86. The number of hydrogen-bond acceptors (Lipinski definition) is 2. The Kier molecular flexibility index (Phi) is 7.18. The van der Waals surface area contributed by atoms with Crippen molar-refractivity contribution in [1.29, 1.82) is 0 Å². The zero-order valence-electron chi connectivity index (χ0n) is 15.1. The first-order chi connectivity index (χ1) is 13.1. The lowest BCUT2D eigenvalue weighted by Gasteiger charge is -2.19. The van der Waals surface area contributed by atoms with Crippen LogP contribution in [0.2, 0.25) is 0 Å². The topological polar surface area (TPSA) is 39.7 Å². The summed E-state index contributed by atoms with van der Waals surface area (Å²) in [5.41, 5.74) is -0.535. The standard InChI is InChI=1S/C18H20F6N4/c1-25-16(27-15-7-9-28(11-15)12-17(19,20)21)26-8-3-5-13-4-2-6-14(10-13)18(22,23)24/h2,4,6,10,15H,7-9,11-12H2,1H3,(H2,25,26,27). The van der Waals surface area contributed by atoms with Gasteiger partial charge in [-0.25, -0.2) is 0 Å². The highest BCUT2D eigenvalue weighted by molar-refractivity contribution is 5.80. The summed E-state index contributed by atoms with van der Waals surface area (Å²) in [6, 6.07) is 4.52. The largest absolute Gasteiger partial charge is 0.416 e. The van der Waals surface area contributed by atoms with E-state index in [1.807, 2.05) is 0 Å². The van der Waals surface area contributed by atoms with Gasteiger partial charge in [0, 0.05) is 31.7 Å². The van der Waals surface area contributed by atoms with Crippen LogP contribution in [0.25, 0.3) is 0 Å². The molecule has 1 fully saturated rings. The second-order valence-electron chi connectivity index (χ2n) is 6.29. The quantitative estimate of drug-likeness (QED) is 0.351. The van der Waals surface area contributed by atoms with Gasteiger partial charge in [-0.15, -0.1) is 0 Å². The number of guanidine groups is 1. The number of nitrogens with one attached hydrogen (secondary N) is 2. The molecule has 1 aliphatic heterocycles. The Hall–Kier alpha value is -2.41. The lowest BCUT2D eigenvalue weighted by molar-refractivity contribution is -0.143. The Balaban J connectivity index is 1.82. The fraction of sp³-hybridized carbons (Fsp3) is 0.500. The zero-order valence-corrected chi connectivity index (χ0v) is 15.1. The number of aliphatic imine (C=N–C) groups is 1. The average Bonchev–Trinajstić information content (AvgIpc) is 3.02. The Morgan fingerprint density at radius 2 is 2.00 bits per heavy atom. The summed E-state index contributed by atoms with van der Waals surface area (Å²) in [7, 11) is 1.51. The van der Waals surface area contributed by atoms with Gasteiger partial charge in [-0.05, 0) is 24.6 Å². The molecule has 1 aromatic rings. The molecule has 1 heterocycles. The summed E-state index contributed by atoms with van der Waals surface area (Å²) in [6.07, 6.45) is -8.11. The smallest absolute Gasteiger partial charge is 0.352 e. The summed E-state index contributed by atoms with van der Waals surface area (Å²) < 4.78 is 75.3. The number of alkyl halides is 6. The highest BCUT2D eigenvalue weighted by Crippen LogP contribution is 2.29. The van der Waals surface area contributed by atoms with Crippen LogP contribution in [-0.4, -0.2) is 56.3 Å². The van der Waals surface area contributed by atoms with Crippen LogP contribution in [0, 0.1) is 11.8 Å². The second-order valence-corrected chi connectivity index (χ2v) is 6.29. The summed E-state index contributed by atoms with van der Waals surface area (Å²) >= 11 is 0. The normalized spacial score (nSPS) is 18.5. The van der Waals surface area contributed by atoms with E-state index >= 15 is 0 Å². The third-order valence-electron chi connectivity index (χ3n) is 4.01. The van der Waals surface area contributed by atoms with Gasteiger partial charge in [0.1, 0.15) is 0 Å². The maximum absolute atomic E-state index is 12.7. The number of likely N-dealkylation sites (tertiary alicyclic amines) is 1. The first-order valence-corrected chi connectivity index (χ1v) is 8.49. The SMILES string of the molecule is CN=C(NCC#Cc1cccc(C(F)(F)F)c1)NC1CCN(CC(F)(F)F)C1. The van der Waals surface area contributed by atoms with Crippen molar-refractivity contribution < 1.29 is 26.3 Å². The Morgan fingerprint density at radius 3 is 2.64 bits per heavy atom. The lowest BCUT2D eigenvalue weighted by Crippen LogP contribution is -2.45. The van der Waals surface area contributed by atoms with Crippen molar-refractivity contribution in [3.63, 3.8) is 0 Å². The van der Waals surface area contributed by atoms with Crippen molar-refractivity contribution in [2.24, 2.45) is 4.99 Å². The van der Waals surface area contributed by atoms with Crippen molar-refractivity contribution in [3.05, 3.63) is 35.4 Å². The molecule has 1 unspecified atom stereocenters. The molecule has 10 heteroatoms. The summed E-state index contributed by atoms with van der Waals surface area (Å²) in [4.78, 5) is 5.30. The summed E-state index contributed by atoms with van der Waals surface area (Å²) in [6.45, 7) is -0.242. The predicted molar refractivity (Wildman–Crippen MR) is 93.7 cm³/mol. The van der Waals surface area contributed by atoms with Crippen LogP contribution < -0.4 is 10.6 Å². The molecule has 28 heavy (non-hydrogen) atoms. The summed E-state index contributed by atoms with van der Waals surface area (Å²) in [5.74, 6) is 5.71. The molecule has 2 N–H and O–H groups in total. The van der Waals surface area contributed by atoms with Gasteiger partial charge in [0.15, 0.2) is 5.96 Å². The van der Waals surface area contributed by atoms with Gasteiger partial charge in [-0.2, -0.15) is 26.3 Å². The molecule has 0 aliphatic carbocycles. The number of benzene rings is 1. The molecule has 2 rings (SSSR count). The van der Waals surface area contributed by atoms with E-state index in [4.69, 9.17) is 0 Å². The third-order valence-corrected chi connectivity index (χ3v) is 4.01. The average molecular weight is 406 g/mol. The van der Waals surface area contributed by atoms with Crippen LogP contribution in [0.4, 0.5) is 26.3 Å². The molecule has 1 saturated heterocycles. The van der Waals surface area contributed by atoms with Crippen molar-refractivity contribution >= 4 is 5.96 Å². The van der Waals surface area contributed by atoms with E-state index in [-0.39, 0.29) is 24.7 Å². The molecule has 0 amide bonds. The second kappa shape index (κ2) is 9.19. The Morgan fingerprint density at radius 1 is 1.25 bits per heavy atom. The van der Waals surface area contributed by atoms with Gasteiger partial charge in [-0.3, -0.25) is 9.89 Å². The minimum Gasteiger partial charge on any atom is -0.352 e. The van der Waals surface area contributed by atoms with Gasteiger partial charge in [0.25, 0.3) is 0 Å². The first-order valence-electron chi connectivity index (χ1n) is 8.49. The number of rotatable bonds is 3. The van der Waals surface area contributed by atoms with Crippen molar-refractivity contribution in [2.45, 2.75) is 24.8 Å². The van der Waals surface area contributed by atoms with Crippen molar-refractivity contribution in [3.8, 4) is 11.8 Å². The number of nitrogens with zero attached hydrogens (tertiary/aromatic N) is 2. The molecule has 1 aliphatic rings. The van der Waals surface area contributed by atoms with E-state index < -0.39 is 24.5 Å². The van der Waals surface area contributed by atoms with Gasteiger partial charge in [-0.1, -0.05) is 17.9 Å². The maximum atomic E-state index is 12.7. The van der Waals surface area contributed by atoms with E-state index in [2.05, 4.69) is 27.5 Å². The zero-order chi connectivity index (χ0) is 20.8. The molecule has 0 bridgehead atoms. The first kappa shape index (κ1) is 21.9. The molecule has 0 aromatic heterocycles. The molecule has 0 radical (unpaired) electrons. The van der Waals surface area contributed by atoms with Gasteiger partial charge in [0.2, 0.25) is 0 Å². The molecule has 154 valence electrons. The highest BCUT2D eigenvalue weighted by Gasteiger charge is 2.34. The lowest BCUT2D eigenvalue weighted by atomic mass is 10.1. The minimum atomic E-state index is -4.43. The Labute approximate surface area is 159 Å². The summed E-state index contributed by atoms with van der Waals surface area (Å²) in [5, 5.41) is 5.90. The van der Waals surface area contributed by atoms with E-state index in [1.54, 1.807) is 0 Å². The molecule has 1 aromatic carbocycles. The van der Waals surface area contributed by atoms with Crippen LogP contribution in [0.3, 0.4) is 0 Å². The monoisotopic (exact) mass is 406 g/mol. The van der Waals surface area contributed by atoms with E-state index in [1.165, 1.54) is 24.1 Å². The maximum Gasteiger partial charge on any atom is 0.416 e. The van der Waals surface area contributed by atoms with Crippen molar-refractivity contribution in [2.75, 3.05) is 33.2 Å². The van der Waals surface area contributed by atoms with Crippen LogP contribution in [0.5, 0.6) is 0 Å². The van der Waals surface area contributed by atoms with Gasteiger partial charge < -0.3 is 10.6 Å². The highest BCUT2D eigenvalue weighted by atomic mass is 19.4. The third kappa shape index (κ3) is 7.31. The van der Waals surface area contributed by atoms with Crippen LogP contribution in [0.1, 0.15) is 17.5 Å². The minimum absolute atomic E-state index is 0.120. The molecule has 4 nitrogen and oxygen atoms in total. The number of halogens is 6. The molecular formula is C18H20F6N4. The van der Waals surface area contributed by atoms with E-state index in [9.17, 15) is 26.3 Å². The molecule has 0 saturated carbocycles. The van der Waals surface area contributed by atoms with Gasteiger partial charge in [0.05, 0.1) is 18.7 Å². The van der Waals surface area contributed by atoms with Crippen LogP contribution >= 0.6 is 0 Å². The fourth-order valence-corrected chi connectivity index (χ4v) is 2.78. The van der Waals surface area contributed by atoms with Crippen molar-refractivity contribution in [1.82, 2.24) is 15.5 Å².